The monoisotopic (exact) mass is 446 g/mol. The highest BCUT2D eigenvalue weighted by Gasteiger charge is 2.31. The van der Waals surface area contributed by atoms with E-state index < -0.39 is 27.7 Å². The summed E-state index contributed by atoms with van der Waals surface area (Å²) in [6.07, 6.45) is -2.57. The molecule has 156 valence electrons. The summed E-state index contributed by atoms with van der Waals surface area (Å²) < 4.78 is 65.9. The van der Waals surface area contributed by atoms with Crippen molar-refractivity contribution < 1.29 is 26.4 Å². The van der Waals surface area contributed by atoms with E-state index in [9.17, 15) is 26.4 Å². The first-order valence-corrected chi connectivity index (χ1v) is 10.6. The van der Waals surface area contributed by atoms with E-state index in [0.717, 1.165) is 31.0 Å². The van der Waals surface area contributed by atoms with Crippen LogP contribution in [0.4, 0.5) is 18.9 Å². The van der Waals surface area contributed by atoms with Gasteiger partial charge in [-0.05, 0) is 62.1 Å². The zero-order chi connectivity index (χ0) is 21.4. The van der Waals surface area contributed by atoms with Gasteiger partial charge in [0.1, 0.15) is 0 Å². The smallest absolute Gasteiger partial charge is 0.349 e. The number of rotatable bonds is 6. The number of alkyl halides is 3. The Morgan fingerprint density at radius 3 is 2.48 bits per heavy atom. The third-order valence-corrected chi connectivity index (χ3v) is 6.33. The van der Waals surface area contributed by atoms with Gasteiger partial charge in [-0.2, -0.15) is 13.2 Å². The highest BCUT2D eigenvalue weighted by Crippen LogP contribution is 2.33. The first-order chi connectivity index (χ1) is 13.5. The van der Waals surface area contributed by atoms with Crippen LogP contribution in [0.2, 0.25) is 5.02 Å². The second kappa shape index (κ2) is 7.87. The summed E-state index contributed by atoms with van der Waals surface area (Å²) in [4.78, 5) is 12.2. The largest absolute Gasteiger partial charge is 0.416 e. The topological polar surface area (TPSA) is 75.3 Å². The molecule has 1 aliphatic rings. The number of sulfonamides is 1. The van der Waals surface area contributed by atoms with Crippen molar-refractivity contribution in [3.63, 3.8) is 0 Å². The van der Waals surface area contributed by atoms with E-state index in [4.69, 9.17) is 11.6 Å². The van der Waals surface area contributed by atoms with Gasteiger partial charge in [-0.1, -0.05) is 17.7 Å². The number of carbonyl (C=O) groups is 1. The normalized spacial score (nSPS) is 15.6. The predicted molar refractivity (Wildman–Crippen MR) is 103 cm³/mol. The average molecular weight is 447 g/mol. The Morgan fingerprint density at radius 2 is 1.86 bits per heavy atom. The molecule has 0 radical (unpaired) electrons. The Bertz CT molecular complexity index is 1040. The minimum absolute atomic E-state index is 0.0221. The zero-order valence-corrected chi connectivity index (χ0v) is 16.8. The van der Waals surface area contributed by atoms with Crippen LogP contribution in [0.5, 0.6) is 0 Å². The van der Waals surface area contributed by atoms with Gasteiger partial charge in [0, 0.05) is 11.7 Å². The Hall–Kier alpha value is -2.26. The van der Waals surface area contributed by atoms with Gasteiger partial charge < -0.3 is 5.32 Å². The summed E-state index contributed by atoms with van der Waals surface area (Å²) in [6, 6.07) is 7.31. The molecule has 1 aliphatic carbocycles. The van der Waals surface area contributed by atoms with Crippen LogP contribution in [0.1, 0.15) is 35.7 Å². The van der Waals surface area contributed by atoms with Crippen molar-refractivity contribution in [3.8, 4) is 0 Å². The number of amides is 1. The lowest BCUT2D eigenvalue weighted by Gasteiger charge is -2.15. The van der Waals surface area contributed by atoms with Crippen LogP contribution in [0.3, 0.4) is 0 Å². The number of benzene rings is 2. The SMILES string of the molecule is C[C@@H](NC(=O)c1cc(S(=O)(=O)Nc2cccc(C(F)(F)F)c2)ccc1Cl)C1CC1. The first-order valence-electron chi connectivity index (χ1n) is 8.78. The number of anilines is 1. The molecule has 10 heteroatoms. The highest BCUT2D eigenvalue weighted by molar-refractivity contribution is 7.92. The van der Waals surface area contributed by atoms with Crippen molar-refractivity contribution >= 4 is 33.2 Å². The zero-order valence-electron chi connectivity index (χ0n) is 15.3. The summed E-state index contributed by atoms with van der Waals surface area (Å²) in [6.45, 7) is 1.86. The second-order valence-corrected chi connectivity index (χ2v) is 9.01. The molecule has 1 fully saturated rings. The third-order valence-electron chi connectivity index (χ3n) is 4.62. The fourth-order valence-corrected chi connectivity index (χ4v) is 4.10. The minimum atomic E-state index is -4.61. The van der Waals surface area contributed by atoms with Gasteiger partial charge in [0.2, 0.25) is 0 Å². The molecule has 0 spiro atoms. The van der Waals surface area contributed by atoms with Gasteiger partial charge in [0.15, 0.2) is 0 Å². The molecule has 29 heavy (non-hydrogen) atoms. The van der Waals surface area contributed by atoms with Crippen molar-refractivity contribution in [2.24, 2.45) is 5.92 Å². The Balaban J connectivity index is 1.84. The average Bonchev–Trinajstić information content (AvgIpc) is 3.46. The van der Waals surface area contributed by atoms with Gasteiger partial charge in [0.05, 0.1) is 21.0 Å². The molecule has 2 aromatic rings. The highest BCUT2D eigenvalue weighted by atomic mass is 35.5. The molecule has 5 nitrogen and oxygen atoms in total. The molecule has 0 aliphatic heterocycles. The van der Waals surface area contributed by atoms with Crippen LogP contribution < -0.4 is 10.0 Å². The molecule has 0 unspecified atom stereocenters. The number of carbonyl (C=O) groups excluding carboxylic acids is 1. The first kappa shape index (κ1) is 21.4. The lowest BCUT2D eigenvalue weighted by Crippen LogP contribution is -2.34. The standard InChI is InChI=1S/C19H18ClF3N2O3S/c1-11(12-5-6-12)24-18(26)16-10-15(7-8-17(16)20)29(27,28)25-14-4-2-3-13(9-14)19(21,22)23/h2-4,7-12,25H,5-6H2,1H3,(H,24,26)/t11-/m1/s1. The Kier molecular flexibility index (Phi) is 5.82. The molecular weight excluding hydrogens is 429 g/mol. The summed E-state index contributed by atoms with van der Waals surface area (Å²) >= 11 is 6.05. The van der Waals surface area contributed by atoms with Gasteiger partial charge in [-0.3, -0.25) is 9.52 Å². The van der Waals surface area contributed by atoms with Crippen LogP contribution in [0.15, 0.2) is 47.4 Å². The number of nitrogens with one attached hydrogen (secondary N) is 2. The van der Waals surface area contributed by atoms with Crippen LogP contribution in [0.25, 0.3) is 0 Å². The Labute approximate surface area is 171 Å². The van der Waals surface area contributed by atoms with Crippen molar-refractivity contribution in [1.29, 1.82) is 0 Å². The quantitative estimate of drug-likeness (QED) is 0.676. The second-order valence-electron chi connectivity index (χ2n) is 6.93. The molecule has 1 saturated carbocycles. The molecule has 0 heterocycles. The molecule has 0 bridgehead atoms. The molecule has 1 amide bonds. The van der Waals surface area contributed by atoms with Crippen LogP contribution in [-0.2, 0) is 16.2 Å². The molecule has 2 aromatic carbocycles. The molecule has 3 rings (SSSR count). The maximum atomic E-state index is 12.8. The van der Waals surface area contributed by atoms with E-state index >= 15 is 0 Å². The molecular formula is C19H18ClF3N2O3S. The van der Waals surface area contributed by atoms with Gasteiger partial charge in [-0.15, -0.1) is 0 Å². The summed E-state index contributed by atoms with van der Waals surface area (Å²) in [7, 11) is -4.24. The van der Waals surface area contributed by atoms with E-state index in [2.05, 4.69) is 10.0 Å². The molecule has 1 atom stereocenters. The van der Waals surface area contributed by atoms with Gasteiger partial charge in [0.25, 0.3) is 15.9 Å². The van der Waals surface area contributed by atoms with Crippen molar-refractivity contribution in [1.82, 2.24) is 5.32 Å². The molecule has 2 N–H and O–H groups in total. The number of hydrogen-bond acceptors (Lipinski definition) is 3. The lowest BCUT2D eigenvalue weighted by molar-refractivity contribution is -0.137. The number of halogens is 4. The van der Waals surface area contributed by atoms with E-state index in [-0.39, 0.29) is 27.2 Å². The van der Waals surface area contributed by atoms with Gasteiger partial charge >= 0.3 is 6.18 Å². The summed E-state index contributed by atoms with van der Waals surface area (Å²) in [5.74, 6) is -0.113. The molecule has 0 saturated heterocycles. The lowest BCUT2D eigenvalue weighted by atomic mass is 10.1. The minimum Gasteiger partial charge on any atom is -0.349 e. The maximum absolute atomic E-state index is 12.8. The predicted octanol–water partition coefficient (Wildman–Crippen LogP) is 4.69. The summed E-state index contributed by atoms with van der Waals surface area (Å²) in [5.41, 5.74) is -1.25. The van der Waals surface area contributed by atoms with E-state index in [0.29, 0.717) is 12.0 Å². The van der Waals surface area contributed by atoms with E-state index in [1.807, 2.05) is 6.92 Å². The van der Waals surface area contributed by atoms with Crippen LogP contribution in [-0.4, -0.2) is 20.4 Å². The van der Waals surface area contributed by atoms with Crippen molar-refractivity contribution in [2.75, 3.05) is 4.72 Å². The van der Waals surface area contributed by atoms with Crippen molar-refractivity contribution in [2.45, 2.75) is 36.9 Å². The van der Waals surface area contributed by atoms with E-state index in [1.165, 1.54) is 18.2 Å². The van der Waals surface area contributed by atoms with Crippen molar-refractivity contribution in [3.05, 3.63) is 58.6 Å². The fraction of sp³-hybridized carbons (Fsp3) is 0.316. The maximum Gasteiger partial charge on any atom is 0.416 e. The fourth-order valence-electron chi connectivity index (χ4n) is 2.82. The molecule has 0 aromatic heterocycles. The van der Waals surface area contributed by atoms with Gasteiger partial charge in [-0.25, -0.2) is 8.42 Å². The van der Waals surface area contributed by atoms with Crippen LogP contribution >= 0.6 is 11.6 Å². The number of hydrogen-bond donors (Lipinski definition) is 2. The Morgan fingerprint density at radius 1 is 1.17 bits per heavy atom. The summed E-state index contributed by atoms with van der Waals surface area (Å²) in [5, 5.41) is 2.86. The van der Waals surface area contributed by atoms with Crippen LogP contribution in [0, 0.1) is 5.92 Å². The third kappa shape index (κ3) is 5.22. The van der Waals surface area contributed by atoms with E-state index in [1.54, 1.807) is 0 Å².